The number of hydrogen-bond donors (Lipinski definition) is 2. The van der Waals surface area contributed by atoms with Gasteiger partial charge in [-0.3, -0.25) is 0 Å². The Labute approximate surface area is 150 Å². The molecule has 8 heteroatoms. The predicted molar refractivity (Wildman–Crippen MR) is 96.9 cm³/mol. The van der Waals surface area contributed by atoms with Crippen LogP contribution in [0, 0.1) is 12.3 Å². The number of urea groups is 1. The van der Waals surface area contributed by atoms with E-state index in [1.54, 1.807) is 0 Å². The van der Waals surface area contributed by atoms with Crippen LogP contribution in [0.2, 0.25) is 0 Å². The number of nitrogens with one attached hydrogen (secondary N) is 2. The van der Waals surface area contributed by atoms with E-state index in [1.807, 2.05) is 13.0 Å². The van der Waals surface area contributed by atoms with E-state index in [-0.39, 0.29) is 17.5 Å². The number of carbonyl (C=O) groups excluding carboxylic acids is 1. The molecular weight excluding hydrogens is 342 g/mol. The van der Waals surface area contributed by atoms with Gasteiger partial charge < -0.3 is 15.1 Å². The molecule has 142 valence electrons. The van der Waals surface area contributed by atoms with Crippen LogP contribution in [0.15, 0.2) is 10.5 Å². The standard InChI is InChI=1S/C17H29N3O4S/c1-12-9-13-14(10-17(2,3)11-15(13)24-12)19-16(21)18-7-6-8-20(4)25(5,22)23/h9,14H,6-8,10-11H2,1-5H3,(H2,18,19,21)/t14-/m0/s1. The first kappa shape index (κ1) is 19.8. The largest absolute Gasteiger partial charge is 0.466 e. The Balaban J connectivity index is 1.86. The molecule has 1 aromatic rings. The summed E-state index contributed by atoms with van der Waals surface area (Å²) in [5.41, 5.74) is 1.12. The monoisotopic (exact) mass is 371 g/mol. The summed E-state index contributed by atoms with van der Waals surface area (Å²) in [7, 11) is -1.65. The summed E-state index contributed by atoms with van der Waals surface area (Å²) < 4.78 is 29.7. The fourth-order valence-electron chi connectivity index (χ4n) is 3.19. The van der Waals surface area contributed by atoms with Crippen LogP contribution in [0.4, 0.5) is 4.79 Å². The number of fused-ring (bicyclic) bond motifs is 1. The van der Waals surface area contributed by atoms with E-state index in [0.717, 1.165) is 29.9 Å². The van der Waals surface area contributed by atoms with Gasteiger partial charge in [0.1, 0.15) is 11.5 Å². The molecule has 1 heterocycles. The minimum absolute atomic E-state index is 0.0629. The number of sulfonamides is 1. The lowest BCUT2D eigenvalue weighted by Crippen LogP contribution is -2.42. The summed E-state index contributed by atoms with van der Waals surface area (Å²) in [5, 5.41) is 5.82. The van der Waals surface area contributed by atoms with Gasteiger partial charge in [-0.05, 0) is 31.2 Å². The number of carbonyl (C=O) groups is 1. The molecule has 2 rings (SSSR count). The van der Waals surface area contributed by atoms with E-state index in [9.17, 15) is 13.2 Å². The van der Waals surface area contributed by atoms with Gasteiger partial charge in [0.05, 0.1) is 12.3 Å². The summed E-state index contributed by atoms with van der Waals surface area (Å²) in [6.45, 7) is 7.04. The highest BCUT2D eigenvalue weighted by Crippen LogP contribution is 2.41. The van der Waals surface area contributed by atoms with E-state index in [0.29, 0.717) is 19.5 Å². The van der Waals surface area contributed by atoms with Crippen LogP contribution >= 0.6 is 0 Å². The third kappa shape index (κ3) is 5.47. The molecule has 0 saturated heterocycles. The van der Waals surface area contributed by atoms with Gasteiger partial charge in [0, 0.05) is 32.1 Å². The molecule has 2 amide bonds. The van der Waals surface area contributed by atoms with Crippen molar-refractivity contribution in [2.75, 3.05) is 26.4 Å². The van der Waals surface area contributed by atoms with Gasteiger partial charge in [0.2, 0.25) is 10.0 Å². The average molecular weight is 372 g/mol. The molecular formula is C17H29N3O4S. The smallest absolute Gasteiger partial charge is 0.315 e. The molecule has 0 fully saturated rings. The highest BCUT2D eigenvalue weighted by molar-refractivity contribution is 7.88. The lowest BCUT2D eigenvalue weighted by atomic mass is 9.75. The Morgan fingerprint density at radius 3 is 2.76 bits per heavy atom. The van der Waals surface area contributed by atoms with Crippen LogP contribution < -0.4 is 10.6 Å². The Bertz CT molecular complexity index is 724. The normalized spacial score (nSPS) is 19.5. The summed E-state index contributed by atoms with van der Waals surface area (Å²) in [5.74, 6) is 1.81. The number of amides is 2. The SMILES string of the molecule is Cc1cc2c(o1)CC(C)(C)C[C@@H]2NC(=O)NCCCN(C)S(C)(=O)=O. The van der Waals surface area contributed by atoms with Crippen molar-refractivity contribution in [3.8, 4) is 0 Å². The molecule has 0 bridgehead atoms. The van der Waals surface area contributed by atoms with Crippen LogP contribution in [0.5, 0.6) is 0 Å². The van der Waals surface area contributed by atoms with Gasteiger partial charge in [0.25, 0.3) is 0 Å². The van der Waals surface area contributed by atoms with Gasteiger partial charge in [-0.25, -0.2) is 17.5 Å². The van der Waals surface area contributed by atoms with Crippen LogP contribution in [-0.4, -0.2) is 45.1 Å². The highest BCUT2D eigenvalue weighted by atomic mass is 32.2. The Morgan fingerprint density at radius 2 is 2.12 bits per heavy atom. The molecule has 7 nitrogen and oxygen atoms in total. The summed E-state index contributed by atoms with van der Waals surface area (Å²) >= 11 is 0. The topological polar surface area (TPSA) is 91.7 Å². The van der Waals surface area contributed by atoms with Crippen molar-refractivity contribution < 1.29 is 17.6 Å². The van der Waals surface area contributed by atoms with E-state index < -0.39 is 10.0 Å². The van der Waals surface area contributed by atoms with Crippen LogP contribution in [0.1, 0.15) is 49.8 Å². The second-order valence-electron chi connectivity index (χ2n) is 7.67. The van der Waals surface area contributed by atoms with Crippen molar-refractivity contribution >= 4 is 16.1 Å². The minimum atomic E-state index is -3.18. The molecule has 0 saturated carbocycles. The van der Waals surface area contributed by atoms with E-state index in [1.165, 1.54) is 17.6 Å². The highest BCUT2D eigenvalue weighted by Gasteiger charge is 2.35. The van der Waals surface area contributed by atoms with Gasteiger partial charge in [-0.2, -0.15) is 0 Å². The molecule has 2 N–H and O–H groups in total. The molecule has 0 radical (unpaired) electrons. The minimum Gasteiger partial charge on any atom is -0.466 e. The first-order valence-corrected chi connectivity index (χ1v) is 10.4. The molecule has 0 spiro atoms. The van der Waals surface area contributed by atoms with E-state index in [2.05, 4.69) is 24.5 Å². The second-order valence-corrected chi connectivity index (χ2v) is 9.76. The summed E-state index contributed by atoms with van der Waals surface area (Å²) in [6.07, 6.45) is 3.45. The van der Waals surface area contributed by atoms with E-state index >= 15 is 0 Å². The van der Waals surface area contributed by atoms with Crippen molar-refractivity contribution in [2.45, 2.75) is 46.1 Å². The van der Waals surface area contributed by atoms with Gasteiger partial charge in [-0.1, -0.05) is 13.8 Å². The van der Waals surface area contributed by atoms with Gasteiger partial charge >= 0.3 is 6.03 Å². The molecule has 25 heavy (non-hydrogen) atoms. The zero-order chi connectivity index (χ0) is 18.8. The van der Waals surface area contributed by atoms with Crippen molar-refractivity contribution in [3.05, 3.63) is 23.2 Å². The summed E-state index contributed by atoms with van der Waals surface area (Å²) in [6, 6.07) is 1.68. The Morgan fingerprint density at radius 1 is 1.44 bits per heavy atom. The molecule has 1 aromatic heterocycles. The zero-order valence-electron chi connectivity index (χ0n) is 15.7. The van der Waals surface area contributed by atoms with Crippen molar-refractivity contribution in [3.63, 3.8) is 0 Å². The Kier molecular flexibility index (Phi) is 5.83. The number of nitrogens with zero attached hydrogens (tertiary/aromatic N) is 1. The fraction of sp³-hybridized carbons (Fsp3) is 0.706. The maximum atomic E-state index is 12.2. The van der Waals surface area contributed by atoms with Crippen molar-refractivity contribution in [2.24, 2.45) is 5.41 Å². The van der Waals surface area contributed by atoms with Crippen molar-refractivity contribution in [1.82, 2.24) is 14.9 Å². The maximum absolute atomic E-state index is 12.2. The lowest BCUT2D eigenvalue weighted by molar-refractivity contribution is 0.214. The van der Waals surface area contributed by atoms with Gasteiger partial charge in [0.15, 0.2) is 0 Å². The molecule has 0 aromatic carbocycles. The van der Waals surface area contributed by atoms with Crippen molar-refractivity contribution in [1.29, 1.82) is 0 Å². The molecule has 0 unspecified atom stereocenters. The first-order valence-electron chi connectivity index (χ1n) is 8.53. The van der Waals surface area contributed by atoms with E-state index in [4.69, 9.17) is 4.42 Å². The zero-order valence-corrected chi connectivity index (χ0v) is 16.5. The van der Waals surface area contributed by atoms with Crippen LogP contribution in [0.25, 0.3) is 0 Å². The van der Waals surface area contributed by atoms with Crippen LogP contribution in [0.3, 0.4) is 0 Å². The average Bonchev–Trinajstić information content (AvgIpc) is 2.81. The number of hydrogen-bond acceptors (Lipinski definition) is 4. The molecule has 1 aliphatic rings. The molecule has 0 aliphatic heterocycles. The lowest BCUT2D eigenvalue weighted by Gasteiger charge is -2.34. The van der Waals surface area contributed by atoms with Gasteiger partial charge in [-0.15, -0.1) is 0 Å². The maximum Gasteiger partial charge on any atom is 0.315 e. The number of rotatable bonds is 6. The quantitative estimate of drug-likeness (QED) is 0.750. The fourth-order valence-corrected chi connectivity index (χ4v) is 3.65. The number of aryl methyl sites for hydroxylation is 1. The first-order chi connectivity index (χ1) is 11.5. The summed E-state index contributed by atoms with van der Waals surface area (Å²) in [4.78, 5) is 12.2. The third-order valence-corrected chi connectivity index (χ3v) is 5.86. The molecule has 1 atom stereocenters. The Hall–Kier alpha value is -1.54. The predicted octanol–water partition coefficient (Wildman–Crippen LogP) is 2.18. The third-order valence-electron chi connectivity index (χ3n) is 4.54. The molecule has 1 aliphatic carbocycles. The number of furan rings is 1. The second kappa shape index (κ2) is 7.37. The van der Waals surface area contributed by atoms with Crippen LogP contribution in [-0.2, 0) is 16.4 Å².